The highest BCUT2D eigenvalue weighted by molar-refractivity contribution is 5.42. The van der Waals surface area contributed by atoms with Gasteiger partial charge >= 0.3 is 12.4 Å². The second kappa shape index (κ2) is 4.41. The number of fused-ring (bicyclic) bond motifs is 1. The van der Waals surface area contributed by atoms with E-state index in [1.807, 2.05) is 4.98 Å². The van der Waals surface area contributed by atoms with Crippen LogP contribution in [0.15, 0.2) is 0 Å². The predicted molar refractivity (Wildman–Crippen MR) is 52.2 cm³/mol. The van der Waals surface area contributed by atoms with Gasteiger partial charge in [0, 0.05) is 17.8 Å². The van der Waals surface area contributed by atoms with Gasteiger partial charge in [-0.1, -0.05) is 0 Å². The van der Waals surface area contributed by atoms with Crippen LogP contribution < -0.4 is 5.32 Å². The van der Waals surface area contributed by atoms with E-state index < -0.39 is 29.7 Å². The van der Waals surface area contributed by atoms with E-state index in [-0.39, 0.29) is 30.8 Å². The van der Waals surface area contributed by atoms with E-state index in [9.17, 15) is 31.4 Å². The fraction of sp³-hybridized carbons (Fsp3) is 0.600. The van der Waals surface area contributed by atoms with Gasteiger partial charge in [0.1, 0.15) is 5.69 Å². The molecular formula is C10H10F6N2O. The third-order valence-electron chi connectivity index (χ3n) is 2.96. The molecule has 9 heteroatoms. The van der Waals surface area contributed by atoms with E-state index in [0.29, 0.717) is 0 Å². The number of alkyl halides is 6. The molecule has 1 aromatic heterocycles. The summed E-state index contributed by atoms with van der Waals surface area (Å²) in [5.41, 5.74) is -2.68. The average Bonchev–Trinajstić information content (AvgIpc) is 2.65. The summed E-state index contributed by atoms with van der Waals surface area (Å²) in [5.74, 6) is 0. The summed E-state index contributed by atoms with van der Waals surface area (Å²) in [5, 5.41) is 11.9. The number of H-pyrrole nitrogens is 1. The number of aliphatic hydroxyl groups excluding tert-OH is 1. The van der Waals surface area contributed by atoms with Gasteiger partial charge in [-0.05, 0) is 18.5 Å². The Morgan fingerprint density at radius 2 is 1.74 bits per heavy atom. The fourth-order valence-electron chi connectivity index (χ4n) is 2.16. The molecule has 19 heavy (non-hydrogen) atoms. The smallest absolute Gasteiger partial charge is 0.379 e. The molecule has 2 rings (SSSR count). The highest BCUT2D eigenvalue weighted by Crippen LogP contribution is 2.43. The Balaban J connectivity index is 2.59. The average molecular weight is 288 g/mol. The molecule has 0 bridgehead atoms. The molecule has 3 N–H and O–H groups in total. The first-order valence-corrected chi connectivity index (χ1v) is 5.38. The second-order valence-electron chi connectivity index (χ2n) is 4.24. The molecule has 1 aliphatic rings. The van der Waals surface area contributed by atoms with Crippen molar-refractivity contribution in [3.8, 4) is 0 Å². The van der Waals surface area contributed by atoms with Gasteiger partial charge in [-0.15, -0.1) is 0 Å². The largest absolute Gasteiger partial charge is 0.431 e. The molecule has 2 heterocycles. The molecular weight excluding hydrogens is 278 g/mol. The van der Waals surface area contributed by atoms with E-state index in [1.165, 1.54) is 0 Å². The van der Waals surface area contributed by atoms with Crippen LogP contribution in [0.3, 0.4) is 0 Å². The van der Waals surface area contributed by atoms with Crippen molar-refractivity contribution in [3.63, 3.8) is 0 Å². The van der Waals surface area contributed by atoms with Crippen LogP contribution in [-0.4, -0.2) is 22.8 Å². The molecule has 0 spiro atoms. The third kappa shape index (κ3) is 2.57. The standard InChI is InChI=1S/C10H10F6N2O/c11-9(12,13)7-6(8(19)10(14,15)16)4-1-2-17-3-5(4)18-7/h8,17-19H,1-3H2. The number of hydrogen-bond acceptors (Lipinski definition) is 2. The van der Waals surface area contributed by atoms with Gasteiger partial charge in [-0.2, -0.15) is 26.3 Å². The van der Waals surface area contributed by atoms with E-state index in [1.54, 1.807) is 0 Å². The van der Waals surface area contributed by atoms with Crippen molar-refractivity contribution in [2.24, 2.45) is 0 Å². The molecule has 1 atom stereocenters. The summed E-state index contributed by atoms with van der Waals surface area (Å²) in [6, 6.07) is 0. The molecule has 1 aromatic rings. The van der Waals surface area contributed by atoms with Crippen molar-refractivity contribution in [1.82, 2.24) is 10.3 Å². The van der Waals surface area contributed by atoms with Crippen molar-refractivity contribution >= 4 is 0 Å². The SMILES string of the molecule is OC(c1c(C(F)(F)F)[nH]c2c1CCNC2)C(F)(F)F. The van der Waals surface area contributed by atoms with Crippen LogP contribution in [0.25, 0.3) is 0 Å². The molecule has 0 radical (unpaired) electrons. The predicted octanol–water partition coefficient (Wildman–Crippen LogP) is 2.27. The Morgan fingerprint density at radius 3 is 2.26 bits per heavy atom. The first kappa shape index (κ1) is 14.2. The lowest BCUT2D eigenvalue weighted by atomic mass is 9.98. The van der Waals surface area contributed by atoms with Gasteiger partial charge < -0.3 is 15.4 Å². The van der Waals surface area contributed by atoms with Gasteiger partial charge in [0.15, 0.2) is 6.10 Å². The van der Waals surface area contributed by atoms with Gasteiger partial charge in [-0.25, -0.2) is 0 Å². The molecule has 0 amide bonds. The van der Waals surface area contributed by atoms with Crippen LogP contribution in [0.1, 0.15) is 28.6 Å². The minimum absolute atomic E-state index is 0.00435. The number of hydrogen-bond donors (Lipinski definition) is 3. The van der Waals surface area contributed by atoms with Crippen LogP contribution in [0, 0.1) is 0 Å². The lowest BCUT2D eigenvalue weighted by Gasteiger charge is -2.20. The number of rotatable bonds is 1. The van der Waals surface area contributed by atoms with Crippen molar-refractivity contribution in [2.45, 2.75) is 31.4 Å². The van der Waals surface area contributed by atoms with E-state index >= 15 is 0 Å². The van der Waals surface area contributed by atoms with Crippen molar-refractivity contribution < 1.29 is 31.4 Å². The Hall–Kier alpha value is -1.22. The summed E-state index contributed by atoms with van der Waals surface area (Å²) >= 11 is 0. The minimum atomic E-state index is -5.14. The maximum atomic E-state index is 12.8. The van der Waals surface area contributed by atoms with E-state index in [0.717, 1.165) is 0 Å². The van der Waals surface area contributed by atoms with Crippen LogP contribution in [0.5, 0.6) is 0 Å². The quantitative estimate of drug-likeness (QED) is 0.694. The topological polar surface area (TPSA) is 48.0 Å². The zero-order valence-electron chi connectivity index (χ0n) is 9.41. The van der Waals surface area contributed by atoms with Crippen molar-refractivity contribution in [3.05, 3.63) is 22.5 Å². The number of aromatic nitrogens is 1. The lowest BCUT2D eigenvalue weighted by molar-refractivity contribution is -0.209. The second-order valence-corrected chi connectivity index (χ2v) is 4.24. The molecule has 0 fully saturated rings. The molecule has 0 saturated heterocycles. The van der Waals surface area contributed by atoms with Crippen LogP contribution in [0.4, 0.5) is 26.3 Å². The summed E-state index contributed by atoms with van der Waals surface area (Å²) in [4.78, 5) is 1.95. The Bertz CT molecular complexity index is 476. The maximum absolute atomic E-state index is 12.8. The zero-order chi connectivity index (χ0) is 14.4. The number of aromatic amines is 1. The molecule has 0 aromatic carbocycles. The van der Waals surface area contributed by atoms with Gasteiger partial charge in [0.25, 0.3) is 0 Å². The number of aliphatic hydroxyl groups is 1. The normalized spacial score (nSPS) is 18.3. The monoisotopic (exact) mass is 288 g/mol. The Kier molecular flexibility index (Phi) is 3.29. The minimum Gasteiger partial charge on any atom is -0.379 e. The van der Waals surface area contributed by atoms with Crippen LogP contribution in [-0.2, 0) is 19.1 Å². The molecule has 0 aliphatic carbocycles. The highest BCUT2D eigenvalue weighted by Gasteiger charge is 2.48. The fourth-order valence-corrected chi connectivity index (χ4v) is 2.16. The summed E-state index contributed by atoms with van der Waals surface area (Å²) < 4.78 is 75.8. The summed E-state index contributed by atoms with van der Waals surface area (Å²) in [7, 11) is 0. The summed E-state index contributed by atoms with van der Waals surface area (Å²) in [6.45, 7) is 0.280. The van der Waals surface area contributed by atoms with Gasteiger partial charge in [0.05, 0.1) is 0 Å². The Labute approximate surface area is 103 Å². The third-order valence-corrected chi connectivity index (χ3v) is 2.96. The van der Waals surface area contributed by atoms with E-state index in [4.69, 9.17) is 0 Å². The number of nitrogens with one attached hydrogen (secondary N) is 2. The van der Waals surface area contributed by atoms with Crippen molar-refractivity contribution in [1.29, 1.82) is 0 Å². The summed E-state index contributed by atoms with van der Waals surface area (Å²) in [6.07, 6.45) is -13.2. The molecule has 0 saturated carbocycles. The maximum Gasteiger partial charge on any atom is 0.431 e. The van der Waals surface area contributed by atoms with Gasteiger partial charge in [0.2, 0.25) is 0 Å². The molecule has 3 nitrogen and oxygen atoms in total. The molecule has 108 valence electrons. The van der Waals surface area contributed by atoms with Gasteiger partial charge in [-0.3, -0.25) is 0 Å². The zero-order valence-corrected chi connectivity index (χ0v) is 9.41. The first-order valence-electron chi connectivity index (χ1n) is 5.38. The first-order chi connectivity index (χ1) is 8.62. The van der Waals surface area contributed by atoms with Crippen LogP contribution in [0.2, 0.25) is 0 Å². The van der Waals surface area contributed by atoms with Crippen LogP contribution >= 0.6 is 0 Å². The molecule has 1 unspecified atom stereocenters. The lowest BCUT2D eigenvalue weighted by Crippen LogP contribution is -2.27. The van der Waals surface area contributed by atoms with Crippen molar-refractivity contribution in [2.75, 3.05) is 6.54 Å². The Morgan fingerprint density at radius 1 is 1.11 bits per heavy atom. The molecule has 1 aliphatic heterocycles. The number of halogens is 6. The van der Waals surface area contributed by atoms with E-state index in [2.05, 4.69) is 5.32 Å². The highest BCUT2D eigenvalue weighted by atomic mass is 19.4.